The zero-order chi connectivity index (χ0) is 11.5. The van der Waals surface area contributed by atoms with Crippen LogP contribution < -0.4 is 5.73 Å². The number of primary amides is 1. The molecule has 82 valence electrons. The Kier molecular flexibility index (Phi) is 2.92. The monoisotopic (exact) mass is 235 g/mol. The average molecular weight is 236 g/mol. The Morgan fingerprint density at radius 2 is 2.31 bits per heavy atom. The van der Waals surface area contributed by atoms with Crippen LogP contribution in [0.5, 0.6) is 0 Å². The quantitative estimate of drug-likeness (QED) is 0.880. The Morgan fingerprint density at radius 1 is 1.50 bits per heavy atom. The van der Waals surface area contributed by atoms with Crippen LogP contribution in [0.15, 0.2) is 36.7 Å². The summed E-state index contributed by atoms with van der Waals surface area (Å²) in [5.74, 6) is -0.479. The summed E-state index contributed by atoms with van der Waals surface area (Å²) in [7, 11) is 0. The Hall–Kier alpha value is -1.81. The van der Waals surface area contributed by atoms with Crippen LogP contribution in [0.1, 0.15) is 15.9 Å². The molecule has 0 aliphatic carbocycles. The number of benzene rings is 1. The molecule has 0 aliphatic rings. The van der Waals surface area contributed by atoms with E-state index in [9.17, 15) is 4.79 Å². The lowest BCUT2D eigenvalue weighted by molar-refractivity contribution is 0.100. The van der Waals surface area contributed by atoms with Gasteiger partial charge in [-0.25, -0.2) is 0 Å². The number of rotatable bonds is 3. The lowest BCUT2D eigenvalue weighted by Gasteiger charge is -2.05. The molecule has 16 heavy (non-hydrogen) atoms. The predicted molar refractivity (Wildman–Crippen MR) is 61.3 cm³/mol. The van der Waals surface area contributed by atoms with Crippen molar-refractivity contribution < 1.29 is 4.79 Å². The minimum atomic E-state index is -0.479. The maximum atomic E-state index is 10.9. The normalized spacial score (nSPS) is 10.3. The third-order valence-electron chi connectivity index (χ3n) is 2.23. The van der Waals surface area contributed by atoms with E-state index in [1.807, 2.05) is 12.3 Å². The molecule has 0 unspecified atom stereocenters. The van der Waals surface area contributed by atoms with Crippen molar-refractivity contribution in [1.29, 1.82) is 0 Å². The van der Waals surface area contributed by atoms with Crippen molar-refractivity contribution in [3.05, 3.63) is 52.8 Å². The molecule has 0 aliphatic heterocycles. The molecule has 0 radical (unpaired) electrons. The fourth-order valence-corrected chi connectivity index (χ4v) is 1.64. The lowest BCUT2D eigenvalue weighted by Crippen LogP contribution is -2.11. The Labute approximate surface area is 97.6 Å². The van der Waals surface area contributed by atoms with Gasteiger partial charge in [0.2, 0.25) is 5.91 Å². The summed E-state index contributed by atoms with van der Waals surface area (Å²) < 4.78 is 1.76. The topological polar surface area (TPSA) is 60.9 Å². The molecule has 0 fully saturated rings. The first kappa shape index (κ1) is 10.7. The highest BCUT2D eigenvalue weighted by molar-refractivity contribution is 6.31. The van der Waals surface area contributed by atoms with Crippen molar-refractivity contribution in [3.63, 3.8) is 0 Å². The second-order valence-electron chi connectivity index (χ2n) is 3.37. The molecule has 2 aromatic rings. The van der Waals surface area contributed by atoms with Gasteiger partial charge in [-0.1, -0.05) is 17.7 Å². The van der Waals surface area contributed by atoms with Gasteiger partial charge in [-0.05, 0) is 23.8 Å². The van der Waals surface area contributed by atoms with Crippen LogP contribution in [-0.4, -0.2) is 15.7 Å². The number of carbonyl (C=O) groups excluding carboxylic acids is 1. The molecular weight excluding hydrogens is 226 g/mol. The van der Waals surface area contributed by atoms with Gasteiger partial charge in [0.15, 0.2) is 0 Å². The number of aromatic nitrogens is 2. The van der Waals surface area contributed by atoms with Crippen LogP contribution in [0, 0.1) is 0 Å². The Morgan fingerprint density at radius 3 is 2.88 bits per heavy atom. The van der Waals surface area contributed by atoms with E-state index in [0.29, 0.717) is 17.1 Å². The molecule has 4 nitrogen and oxygen atoms in total. The molecule has 5 heteroatoms. The summed E-state index contributed by atoms with van der Waals surface area (Å²) in [6, 6.07) is 6.85. The maximum Gasteiger partial charge on any atom is 0.248 e. The number of hydrogen-bond donors (Lipinski definition) is 1. The summed E-state index contributed by atoms with van der Waals surface area (Å²) >= 11 is 6.04. The molecule has 0 spiro atoms. The third kappa shape index (κ3) is 2.23. The number of halogens is 1. The van der Waals surface area contributed by atoms with Gasteiger partial charge in [0.25, 0.3) is 0 Å². The molecule has 1 heterocycles. The highest BCUT2D eigenvalue weighted by atomic mass is 35.5. The van der Waals surface area contributed by atoms with Crippen LogP contribution in [0.2, 0.25) is 5.02 Å². The summed E-state index contributed by atoms with van der Waals surface area (Å²) in [5.41, 5.74) is 6.46. The van der Waals surface area contributed by atoms with Crippen LogP contribution in [0.25, 0.3) is 0 Å². The molecule has 0 atom stereocenters. The first-order valence-corrected chi connectivity index (χ1v) is 5.10. The second kappa shape index (κ2) is 4.37. The van der Waals surface area contributed by atoms with E-state index in [4.69, 9.17) is 17.3 Å². The number of hydrogen-bond acceptors (Lipinski definition) is 2. The van der Waals surface area contributed by atoms with E-state index in [0.717, 1.165) is 5.56 Å². The molecule has 1 aromatic carbocycles. The first-order chi connectivity index (χ1) is 7.66. The highest BCUT2D eigenvalue weighted by Gasteiger charge is 2.06. The fraction of sp³-hybridized carbons (Fsp3) is 0.0909. The van der Waals surface area contributed by atoms with Crippen molar-refractivity contribution >= 4 is 17.5 Å². The van der Waals surface area contributed by atoms with Crippen LogP contribution in [0.3, 0.4) is 0 Å². The molecular formula is C11H10ClN3O. The van der Waals surface area contributed by atoms with Crippen molar-refractivity contribution in [3.8, 4) is 0 Å². The van der Waals surface area contributed by atoms with Gasteiger partial charge in [0.05, 0.1) is 6.54 Å². The molecule has 2 rings (SSSR count). The molecule has 0 saturated carbocycles. The lowest BCUT2D eigenvalue weighted by atomic mass is 10.1. The maximum absolute atomic E-state index is 10.9. The van der Waals surface area contributed by atoms with Crippen LogP contribution >= 0.6 is 11.6 Å². The van der Waals surface area contributed by atoms with E-state index >= 15 is 0 Å². The average Bonchev–Trinajstić information content (AvgIpc) is 2.73. The van der Waals surface area contributed by atoms with Crippen molar-refractivity contribution in [2.24, 2.45) is 5.73 Å². The van der Waals surface area contributed by atoms with Crippen molar-refractivity contribution in [1.82, 2.24) is 9.78 Å². The van der Waals surface area contributed by atoms with E-state index in [-0.39, 0.29) is 0 Å². The van der Waals surface area contributed by atoms with E-state index in [1.54, 1.807) is 29.1 Å². The number of nitrogens with two attached hydrogens (primary N) is 1. The van der Waals surface area contributed by atoms with E-state index in [2.05, 4.69) is 5.10 Å². The van der Waals surface area contributed by atoms with Gasteiger partial charge in [-0.15, -0.1) is 0 Å². The number of amides is 1. The molecule has 1 aromatic heterocycles. The molecule has 0 bridgehead atoms. The molecule has 2 N–H and O–H groups in total. The predicted octanol–water partition coefficient (Wildman–Crippen LogP) is 1.68. The van der Waals surface area contributed by atoms with Crippen LogP contribution in [-0.2, 0) is 6.54 Å². The number of nitrogens with zero attached hydrogens (tertiary/aromatic N) is 2. The SMILES string of the molecule is NC(=O)c1ccc(Cn2cccn2)c(Cl)c1. The summed E-state index contributed by atoms with van der Waals surface area (Å²) in [6.45, 7) is 0.574. The minimum Gasteiger partial charge on any atom is -0.366 e. The third-order valence-corrected chi connectivity index (χ3v) is 2.58. The smallest absolute Gasteiger partial charge is 0.248 e. The zero-order valence-electron chi connectivity index (χ0n) is 8.43. The van der Waals surface area contributed by atoms with Gasteiger partial charge in [-0.3, -0.25) is 9.48 Å². The summed E-state index contributed by atoms with van der Waals surface area (Å²) in [5, 5.41) is 4.60. The second-order valence-corrected chi connectivity index (χ2v) is 3.78. The Balaban J connectivity index is 2.26. The highest BCUT2D eigenvalue weighted by Crippen LogP contribution is 2.18. The van der Waals surface area contributed by atoms with E-state index in [1.165, 1.54) is 0 Å². The standard InChI is InChI=1S/C11H10ClN3O/c12-10-6-8(11(13)16)2-3-9(10)7-15-5-1-4-14-15/h1-6H,7H2,(H2,13,16). The number of carbonyl (C=O) groups is 1. The fourth-order valence-electron chi connectivity index (χ4n) is 1.40. The Bertz CT molecular complexity index is 508. The van der Waals surface area contributed by atoms with Crippen molar-refractivity contribution in [2.45, 2.75) is 6.54 Å². The van der Waals surface area contributed by atoms with Gasteiger partial charge >= 0.3 is 0 Å². The zero-order valence-corrected chi connectivity index (χ0v) is 9.19. The van der Waals surface area contributed by atoms with Gasteiger partial charge in [0.1, 0.15) is 0 Å². The van der Waals surface area contributed by atoms with Crippen molar-refractivity contribution in [2.75, 3.05) is 0 Å². The molecule has 1 amide bonds. The summed E-state index contributed by atoms with van der Waals surface area (Å²) in [4.78, 5) is 10.9. The summed E-state index contributed by atoms with van der Waals surface area (Å²) in [6.07, 6.45) is 3.55. The largest absolute Gasteiger partial charge is 0.366 e. The first-order valence-electron chi connectivity index (χ1n) is 4.72. The minimum absolute atomic E-state index is 0.411. The van der Waals surface area contributed by atoms with Crippen LogP contribution in [0.4, 0.5) is 0 Å². The van der Waals surface area contributed by atoms with Gasteiger partial charge in [-0.2, -0.15) is 5.10 Å². The molecule has 0 saturated heterocycles. The van der Waals surface area contributed by atoms with E-state index < -0.39 is 5.91 Å². The van der Waals surface area contributed by atoms with Gasteiger partial charge in [0, 0.05) is 23.0 Å². The van der Waals surface area contributed by atoms with Gasteiger partial charge < -0.3 is 5.73 Å².